The van der Waals surface area contributed by atoms with Crippen LogP contribution in [0, 0.1) is 0 Å². The molecule has 0 radical (unpaired) electrons. The van der Waals surface area contributed by atoms with Gasteiger partial charge in [0.05, 0.1) is 11.4 Å². The summed E-state index contributed by atoms with van der Waals surface area (Å²) in [7, 11) is 0. The molecule has 2 heteroatoms. The molecule has 0 saturated heterocycles. The van der Waals surface area contributed by atoms with Crippen molar-refractivity contribution in [3.63, 3.8) is 0 Å². The van der Waals surface area contributed by atoms with Crippen molar-refractivity contribution in [2.75, 3.05) is 0 Å². The van der Waals surface area contributed by atoms with Crippen molar-refractivity contribution < 1.29 is 0 Å². The first-order valence-electron chi connectivity index (χ1n) is 2.42. The van der Waals surface area contributed by atoms with Crippen molar-refractivity contribution in [3.05, 3.63) is 37.1 Å². The monoisotopic (exact) mass is 141 g/mol. The average molecular weight is 142 g/mol. The zero-order chi connectivity index (χ0) is 7.11. The molecule has 48 valence electrons. The summed E-state index contributed by atoms with van der Waals surface area (Å²) in [4.78, 5) is 3.67. The van der Waals surface area contributed by atoms with Crippen molar-refractivity contribution in [2.45, 2.75) is 0 Å². The molecule has 0 heterocycles. The molecule has 0 spiro atoms. The standard InChI is InChI=1S/C7H8ClN/c1-3-4-5-7(2)9-6-8/h3-6H,1-2H2/b5-4-,9-6?. The minimum atomic E-state index is 0.616. The van der Waals surface area contributed by atoms with Crippen molar-refractivity contribution in [3.8, 4) is 0 Å². The zero-order valence-electron chi connectivity index (χ0n) is 5.05. The van der Waals surface area contributed by atoms with Crippen LogP contribution in [-0.2, 0) is 0 Å². The van der Waals surface area contributed by atoms with E-state index in [0.717, 1.165) is 0 Å². The molecule has 0 aliphatic rings. The third-order valence-electron chi connectivity index (χ3n) is 0.639. The Morgan fingerprint density at radius 1 is 1.56 bits per heavy atom. The summed E-state index contributed by atoms with van der Waals surface area (Å²) in [5.74, 6) is 0. The van der Waals surface area contributed by atoms with Crippen LogP contribution in [0.4, 0.5) is 0 Å². The predicted molar refractivity (Wildman–Crippen MR) is 42.8 cm³/mol. The van der Waals surface area contributed by atoms with Crippen LogP contribution in [0.15, 0.2) is 42.1 Å². The second-order valence-electron chi connectivity index (χ2n) is 1.31. The third-order valence-corrected chi connectivity index (χ3v) is 0.737. The first kappa shape index (κ1) is 8.18. The Balaban J connectivity index is 3.76. The Morgan fingerprint density at radius 3 is 2.67 bits per heavy atom. The van der Waals surface area contributed by atoms with Crippen LogP contribution in [-0.4, -0.2) is 5.67 Å². The van der Waals surface area contributed by atoms with Crippen molar-refractivity contribution >= 4 is 17.3 Å². The molecule has 0 aromatic carbocycles. The topological polar surface area (TPSA) is 12.4 Å². The van der Waals surface area contributed by atoms with E-state index < -0.39 is 0 Å². The molecule has 0 unspecified atom stereocenters. The summed E-state index contributed by atoms with van der Waals surface area (Å²) in [6.45, 7) is 7.04. The summed E-state index contributed by atoms with van der Waals surface area (Å²) >= 11 is 5.16. The molecule has 0 N–H and O–H groups in total. The lowest BCUT2D eigenvalue weighted by Crippen LogP contribution is -1.64. The van der Waals surface area contributed by atoms with Crippen LogP contribution < -0.4 is 0 Å². The Morgan fingerprint density at radius 2 is 2.22 bits per heavy atom. The van der Waals surface area contributed by atoms with Crippen LogP contribution >= 0.6 is 11.6 Å². The fourth-order valence-corrected chi connectivity index (χ4v) is 0.410. The van der Waals surface area contributed by atoms with Gasteiger partial charge in [-0.3, -0.25) is 0 Å². The van der Waals surface area contributed by atoms with Gasteiger partial charge < -0.3 is 0 Å². The van der Waals surface area contributed by atoms with Gasteiger partial charge in [-0.2, -0.15) is 0 Å². The second-order valence-corrected chi connectivity index (χ2v) is 1.51. The smallest absolute Gasteiger partial charge is 0.0933 e. The van der Waals surface area contributed by atoms with E-state index in [2.05, 4.69) is 18.2 Å². The Kier molecular flexibility index (Phi) is 4.83. The van der Waals surface area contributed by atoms with E-state index in [1.54, 1.807) is 18.2 Å². The quantitative estimate of drug-likeness (QED) is 0.423. The van der Waals surface area contributed by atoms with Crippen LogP contribution in [0.3, 0.4) is 0 Å². The van der Waals surface area contributed by atoms with E-state index in [4.69, 9.17) is 11.6 Å². The Labute approximate surface area is 60.1 Å². The van der Waals surface area contributed by atoms with E-state index in [0.29, 0.717) is 5.70 Å². The highest BCUT2D eigenvalue weighted by molar-refractivity contribution is 6.56. The predicted octanol–water partition coefficient (Wildman–Crippen LogP) is 2.51. The Hall–Kier alpha value is -0.820. The largest absolute Gasteiger partial charge is 0.245 e. The van der Waals surface area contributed by atoms with Crippen LogP contribution in [0.2, 0.25) is 0 Å². The van der Waals surface area contributed by atoms with E-state index in [1.165, 1.54) is 5.67 Å². The summed E-state index contributed by atoms with van der Waals surface area (Å²) in [6.07, 6.45) is 5.10. The van der Waals surface area contributed by atoms with E-state index in [9.17, 15) is 0 Å². The molecule has 0 bridgehead atoms. The first-order chi connectivity index (χ1) is 4.31. The number of halogens is 1. The molecule has 1 nitrogen and oxygen atoms in total. The molecule has 0 aliphatic heterocycles. The van der Waals surface area contributed by atoms with Gasteiger partial charge in [-0.1, -0.05) is 36.9 Å². The molecular weight excluding hydrogens is 134 g/mol. The van der Waals surface area contributed by atoms with E-state index in [-0.39, 0.29) is 0 Å². The van der Waals surface area contributed by atoms with Crippen molar-refractivity contribution in [2.24, 2.45) is 4.99 Å². The minimum Gasteiger partial charge on any atom is -0.245 e. The van der Waals surface area contributed by atoms with Gasteiger partial charge in [0.1, 0.15) is 0 Å². The molecule has 9 heavy (non-hydrogen) atoms. The van der Waals surface area contributed by atoms with Gasteiger partial charge in [0, 0.05) is 0 Å². The zero-order valence-corrected chi connectivity index (χ0v) is 5.80. The van der Waals surface area contributed by atoms with Crippen LogP contribution in [0.1, 0.15) is 0 Å². The fourth-order valence-electron chi connectivity index (χ4n) is 0.285. The lowest BCUT2D eigenvalue weighted by atomic mass is 10.4. The molecule has 0 fully saturated rings. The summed E-state index contributed by atoms with van der Waals surface area (Å²) < 4.78 is 0. The maximum atomic E-state index is 5.16. The van der Waals surface area contributed by atoms with Gasteiger partial charge in [0.25, 0.3) is 0 Å². The van der Waals surface area contributed by atoms with Crippen molar-refractivity contribution in [1.82, 2.24) is 0 Å². The molecular formula is C7H8ClN. The number of nitrogens with zero attached hydrogens (tertiary/aromatic N) is 1. The Bertz CT molecular complexity index is 156. The highest BCUT2D eigenvalue weighted by Crippen LogP contribution is 1.93. The molecule has 0 amide bonds. The van der Waals surface area contributed by atoms with Gasteiger partial charge in [-0.25, -0.2) is 4.99 Å². The highest BCUT2D eigenvalue weighted by atomic mass is 35.5. The molecule has 0 aromatic rings. The third kappa shape index (κ3) is 5.04. The number of allylic oxidation sites excluding steroid dienone is 3. The maximum absolute atomic E-state index is 5.16. The molecule has 0 saturated carbocycles. The summed E-state index contributed by atoms with van der Waals surface area (Å²) in [6, 6.07) is 0. The number of hydrogen-bond acceptors (Lipinski definition) is 1. The van der Waals surface area contributed by atoms with E-state index in [1.807, 2.05) is 0 Å². The summed E-state index contributed by atoms with van der Waals surface area (Å²) in [5.41, 5.74) is 1.79. The van der Waals surface area contributed by atoms with Gasteiger partial charge in [-0.05, 0) is 6.08 Å². The lowest BCUT2D eigenvalue weighted by Gasteiger charge is -1.82. The van der Waals surface area contributed by atoms with Crippen molar-refractivity contribution in [1.29, 1.82) is 0 Å². The van der Waals surface area contributed by atoms with Crippen LogP contribution in [0.5, 0.6) is 0 Å². The lowest BCUT2D eigenvalue weighted by molar-refractivity contribution is 1.46. The van der Waals surface area contributed by atoms with Gasteiger partial charge in [-0.15, -0.1) is 0 Å². The van der Waals surface area contributed by atoms with Crippen LogP contribution in [0.25, 0.3) is 0 Å². The highest BCUT2D eigenvalue weighted by Gasteiger charge is 1.74. The summed E-state index contributed by atoms with van der Waals surface area (Å²) in [5, 5.41) is 0. The molecule has 0 aromatic heterocycles. The van der Waals surface area contributed by atoms with E-state index >= 15 is 0 Å². The molecule has 0 aliphatic carbocycles. The number of aliphatic imine (C=N–C) groups is 1. The fraction of sp³-hybridized carbons (Fsp3) is 0. The molecule has 0 atom stereocenters. The number of rotatable bonds is 3. The minimum absolute atomic E-state index is 0.616. The van der Waals surface area contributed by atoms with Gasteiger partial charge >= 0.3 is 0 Å². The maximum Gasteiger partial charge on any atom is 0.0933 e. The normalized spacial score (nSPS) is 10.8. The first-order valence-corrected chi connectivity index (χ1v) is 2.85. The second kappa shape index (κ2) is 5.32. The molecule has 0 rings (SSSR count). The number of hydrogen-bond donors (Lipinski definition) is 0. The average Bonchev–Trinajstić information content (AvgIpc) is 1.85. The van der Waals surface area contributed by atoms with Gasteiger partial charge in [0.2, 0.25) is 0 Å². The SMILES string of the molecule is C=C/C=C\C(=C)N=CCl. The van der Waals surface area contributed by atoms with Gasteiger partial charge in [0.15, 0.2) is 0 Å².